The normalized spacial score (nSPS) is 12.6. The summed E-state index contributed by atoms with van der Waals surface area (Å²) in [4.78, 5) is 0. The first-order valence-electron chi connectivity index (χ1n) is 7.06. The van der Waals surface area contributed by atoms with Crippen LogP contribution < -0.4 is 4.74 Å². The van der Waals surface area contributed by atoms with E-state index in [2.05, 4.69) is 48.5 Å². The second kappa shape index (κ2) is 5.44. The molecule has 0 saturated carbocycles. The quantitative estimate of drug-likeness (QED) is 0.735. The number of benzene rings is 1. The monoisotopic (exact) mass is 263 g/mol. The Morgan fingerprint density at radius 1 is 0.947 bits per heavy atom. The zero-order chi connectivity index (χ0) is 14.8. The van der Waals surface area contributed by atoms with Crippen molar-refractivity contribution < 1.29 is 9.84 Å². The lowest BCUT2D eigenvalue weighted by Crippen LogP contribution is -2.17. The van der Waals surface area contributed by atoms with E-state index in [1.54, 1.807) is 0 Å². The number of hydrogen-bond donors (Lipinski definition) is 0. The number of rotatable bonds is 3. The van der Waals surface area contributed by atoms with Crippen molar-refractivity contribution in [3.05, 3.63) is 23.3 Å². The summed E-state index contributed by atoms with van der Waals surface area (Å²) in [6.07, 6.45) is 0.906. The molecule has 0 heterocycles. The predicted molar refractivity (Wildman–Crippen MR) is 79.8 cm³/mol. The zero-order valence-corrected chi connectivity index (χ0v) is 13.4. The predicted octanol–water partition coefficient (Wildman–Crippen LogP) is 5.21. The summed E-state index contributed by atoms with van der Waals surface area (Å²) in [5, 5.41) is 12.7. The van der Waals surface area contributed by atoms with E-state index >= 15 is 0 Å². The lowest BCUT2D eigenvalue weighted by Gasteiger charge is -2.27. The summed E-state index contributed by atoms with van der Waals surface area (Å²) in [6, 6.07) is 4.01. The van der Waals surface area contributed by atoms with Crippen LogP contribution in [-0.4, -0.2) is 6.61 Å². The molecule has 0 fully saturated rings. The fourth-order valence-electron chi connectivity index (χ4n) is 2.09. The van der Waals surface area contributed by atoms with Crippen LogP contribution in [0.1, 0.15) is 66.0 Å². The van der Waals surface area contributed by atoms with Crippen LogP contribution in [0, 0.1) is 0 Å². The highest BCUT2D eigenvalue weighted by Gasteiger charge is 2.28. The summed E-state index contributed by atoms with van der Waals surface area (Å²) in [5.41, 5.74) is 1.58. The van der Waals surface area contributed by atoms with Crippen LogP contribution >= 0.6 is 0 Å². The maximum absolute atomic E-state index is 12.7. The van der Waals surface area contributed by atoms with Crippen LogP contribution in [0.4, 0.5) is 0 Å². The molecule has 0 unspecified atom stereocenters. The van der Waals surface area contributed by atoms with Gasteiger partial charge in [0.05, 0.1) is 6.61 Å². The molecule has 1 aromatic rings. The molecule has 0 saturated heterocycles. The van der Waals surface area contributed by atoms with Crippen LogP contribution in [0.25, 0.3) is 0 Å². The van der Waals surface area contributed by atoms with E-state index in [0.29, 0.717) is 12.4 Å². The van der Waals surface area contributed by atoms with Gasteiger partial charge in [0.15, 0.2) is 5.75 Å². The molecule has 2 heteroatoms. The van der Waals surface area contributed by atoms with E-state index in [1.165, 1.54) is 0 Å². The fourth-order valence-corrected chi connectivity index (χ4v) is 2.09. The van der Waals surface area contributed by atoms with Gasteiger partial charge in [-0.05, 0) is 17.3 Å². The van der Waals surface area contributed by atoms with E-state index in [-0.39, 0.29) is 16.6 Å². The summed E-state index contributed by atoms with van der Waals surface area (Å²) in [7, 11) is 0. The molecule has 1 aromatic carbocycles. The SMILES string of the molecule is CCCOc1c(C(C)(C)C)ccc(C(C)(C)C)c1[O]. The Morgan fingerprint density at radius 2 is 1.42 bits per heavy atom. The molecule has 0 aliphatic carbocycles. The van der Waals surface area contributed by atoms with E-state index in [1.807, 2.05) is 12.1 Å². The molecule has 0 aromatic heterocycles. The van der Waals surface area contributed by atoms with E-state index in [9.17, 15) is 5.11 Å². The molecule has 0 N–H and O–H groups in total. The summed E-state index contributed by atoms with van der Waals surface area (Å²) in [6.45, 7) is 15.1. The lowest BCUT2D eigenvalue weighted by atomic mass is 9.81. The molecule has 0 aliphatic rings. The topological polar surface area (TPSA) is 29.1 Å². The van der Waals surface area contributed by atoms with Gasteiger partial charge >= 0.3 is 0 Å². The third-order valence-electron chi connectivity index (χ3n) is 3.18. The van der Waals surface area contributed by atoms with Crippen molar-refractivity contribution in [2.45, 2.75) is 65.7 Å². The van der Waals surface area contributed by atoms with Gasteiger partial charge in [-0.2, -0.15) is 0 Å². The first-order valence-corrected chi connectivity index (χ1v) is 7.06. The van der Waals surface area contributed by atoms with Crippen molar-refractivity contribution in [3.63, 3.8) is 0 Å². The molecule has 1 radical (unpaired) electrons. The fraction of sp³-hybridized carbons (Fsp3) is 0.647. The number of hydrogen-bond acceptors (Lipinski definition) is 1. The summed E-state index contributed by atoms with van der Waals surface area (Å²) < 4.78 is 5.77. The van der Waals surface area contributed by atoms with Crippen LogP contribution in [0.3, 0.4) is 0 Å². The molecule has 107 valence electrons. The highest BCUT2D eigenvalue weighted by atomic mass is 16.5. The average Bonchev–Trinajstić information content (AvgIpc) is 2.23. The molecular weight excluding hydrogens is 236 g/mol. The Balaban J connectivity index is 3.41. The van der Waals surface area contributed by atoms with Crippen LogP contribution in [-0.2, 0) is 15.9 Å². The minimum absolute atomic E-state index is 0.0494. The van der Waals surface area contributed by atoms with E-state index in [4.69, 9.17) is 4.74 Å². The van der Waals surface area contributed by atoms with Gasteiger partial charge in [0, 0.05) is 11.1 Å². The largest absolute Gasteiger partial charge is 0.489 e. The minimum Gasteiger partial charge on any atom is -0.489 e. The van der Waals surface area contributed by atoms with Crippen molar-refractivity contribution in [2.75, 3.05) is 6.61 Å². The third kappa shape index (κ3) is 3.65. The maximum Gasteiger partial charge on any atom is 0.224 e. The molecule has 2 nitrogen and oxygen atoms in total. The first-order chi connectivity index (χ1) is 8.59. The molecular formula is C17H27O2. The van der Waals surface area contributed by atoms with Crippen LogP contribution in [0.5, 0.6) is 11.5 Å². The highest BCUT2D eigenvalue weighted by molar-refractivity contribution is 5.55. The van der Waals surface area contributed by atoms with Gasteiger partial charge in [0.2, 0.25) is 5.75 Å². The molecule has 0 amide bonds. The Hall–Kier alpha value is -1.18. The van der Waals surface area contributed by atoms with Gasteiger partial charge in [-0.3, -0.25) is 5.11 Å². The number of ether oxygens (including phenoxy) is 1. The maximum atomic E-state index is 12.7. The van der Waals surface area contributed by atoms with Crippen molar-refractivity contribution >= 4 is 0 Å². The molecule has 0 bridgehead atoms. The van der Waals surface area contributed by atoms with Gasteiger partial charge in [0.1, 0.15) is 0 Å². The van der Waals surface area contributed by atoms with Crippen molar-refractivity contribution in [3.8, 4) is 11.5 Å². The molecule has 0 spiro atoms. The minimum atomic E-state index is -0.155. The second-order valence-electron chi connectivity index (χ2n) is 7.17. The highest BCUT2D eigenvalue weighted by Crippen LogP contribution is 2.44. The lowest BCUT2D eigenvalue weighted by molar-refractivity contribution is 0.263. The average molecular weight is 263 g/mol. The molecule has 0 atom stereocenters. The van der Waals surface area contributed by atoms with Crippen LogP contribution in [0.2, 0.25) is 0 Å². The zero-order valence-electron chi connectivity index (χ0n) is 13.4. The van der Waals surface area contributed by atoms with Crippen molar-refractivity contribution in [1.29, 1.82) is 0 Å². The van der Waals surface area contributed by atoms with Crippen molar-refractivity contribution in [1.82, 2.24) is 0 Å². The van der Waals surface area contributed by atoms with Gasteiger partial charge < -0.3 is 4.74 Å². The molecule has 19 heavy (non-hydrogen) atoms. The summed E-state index contributed by atoms with van der Waals surface area (Å²) in [5.74, 6) is 0.593. The Bertz CT molecular complexity index is 434. The van der Waals surface area contributed by atoms with Crippen molar-refractivity contribution in [2.24, 2.45) is 0 Å². The van der Waals surface area contributed by atoms with E-state index < -0.39 is 0 Å². The van der Waals surface area contributed by atoms with Gasteiger partial charge in [-0.15, -0.1) is 0 Å². The standard InChI is InChI=1S/C17H27O2/c1-8-11-19-15-13(17(5,6)7)10-9-12(14(15)18)16(2,3)4/h9-10H,8,11H2,1-7H3. The van der Waals surface area contributed by atoms with Gasteiger partial charge in [-0.1, -0.05) is 60.6 Å². The van der Waals surface area contributed by atoms with Crippen LogP contribution in [0.15, 0.2) is 12.1 Å². The summed E-state index contributed by atoms with van der Waals surface area (Å²) >= 11 is 0. The molecule has 1 rings (SSSR count). The Labute approximate surface area is 117 Å². The third-order valence-corrected chi connectivity index (χ3v) is 3.18. The Morgan fingerprint density at radius 3 is 1.84 bits per heavy atom. The smallest absolute Gasteiger partial charge is 0.224 e. The molecule has 0 aliphatic heterocycles. The van der Waals surface area contributed by atoms with Gasteiger partial charge in [-0.25, -0.2) is 0 Å². The second-order valence-corrected chi connectivity index (χ2v) is 7.17. The Kier molecular flexibility index (Phi) is 4.54. The van der Waals surface area contributed by atoms with Gasteiger partial charge in [0.25, 0.3) is 0 Å². The first kappa shape index (κ1) is 15.9. The van der Waals surface area contributed by atoms with E-state index in [0.717, 1.165) is 17.5 Å².